The molecule has 0 saturated heterocycles. The number of ether oxygens (including phenoxy) is 4. The Hall–Kier alpha value is -7.00. The molecule has 0 saturated carbocycles. The SMILES string of the molecule is CCOC(=O)c1[nH]c2cc3c(cc2c1-c1cccnc1OC)CCC3.CCOC(=O)c1c(-c2cccnc2OC)c2cc3c(cc2n1Cc1cc(F)ccc1F)CCC3.Fc1ccc(F)c(CBr)c1. The number of hydrogen-bond acceptors (Lipinski definition) is 8. The van der Waals surface area contributed by atoms with Gasteiger partial charge in [0.1, 0.15) is 34.7 Å². The van der Waals surface area contributed by atoms with Crippen LogP contribution in [-0.4, -0.2) is 58.9 Å². The number of aromatic amines is 1. The normalized spacial score (nSPS) is 12.4. The zero-order valence-corrected chi connectivity index (χ0v) is 40.1. The summed E-state index contributed by atoms with van der Waals surface area (Å²) in [6.45, 7) is 4.01. The molecule has 15 heteroatoms. The molecule has 0 atom stereocenters. The van der Waals surface area contributed by atoms with E-state index in [1.165, 1.54) is 41.9 Å². The Balaban J connectivity index is 0.000000160. The van der Waals surface area contributed by atoms with Crippen LogP contribution in [0.3, 0.4) is 0 Å². The van der Waals surface area contributed by atoms with E-state index in [0.29, 0.717) is 46.1 Å². The molecule has 1 N–H and O–H groups in total. The van der Waals surface area contributed by atoms with Gasteiger partial charge in [0.15, 0.2) is 0 Å². The number of aryl methyl sites for hydroxylation is 4. The molecule has 69 heavy (non-hydrogen) atoms. The number of carbonyl (C=O) groups excluding carboxylic acids is 2. The number of nitrogens with zero attached hydrogens (tertiary/aromatic N) is 3. The van der Waals surface area contributed by atoms with Gasteiger partial charge in [0.2, 0.25) is 11.8 Å². The van der Waals surface area contributed by atoms with E-state index in [9.17, 15) is 27.2 Å². The van der Waals surface area contributed by atoms with E-state index in [2.05, 4.69) is 55.1 Å². The summed E-state index contributed by atoms with van der Waals surface area (Å²) in [4.78, 5) is 37.8. The number of aromatic nitrogens is 4. The van der Waals surface area contributed by atoms with Gasteiger partial charge in [-0.3, -0.25) is 0 Å². The quantitative estimate of drug-likeness (QED) is 0.0773. The highest BCUT2D eigenvalue weighted by molar-refractivity contribution is 9.08. The molecule has 2 aliphatic rings. The van der Waals surface area contributed by atoms with Gasteiger partial charge in [-0.05, 0) is 160 Å². The van der Waals surface area contributed by atoms with E-state index in [-0.39, 0.29) is 36.2 Å². The Morgan fingerprint density at radius 1 is 0.652 bits per heavy atom. The zero-order valence-electron chi connectivity index (χ0n) is 38.5. The van der Waals surface area contributed by atoms with Gasteiger partial charge < -0.3 is 28.5 Å². The van der Waals surface area contributed by atoms with Crippen molar-refractivity contribution < 1.29 is 46.1 Å². The number of halogens is 5. The number of alkyl halides is 1. The lowest BCUT2D eigenvalue weighted by Gasteiger charge is -2.13. The molecule has 0 unspecified atom stereocenters. The second-order valence-corrected chi connectivity index (χ2v) is 16.9. The monoisotopic (exact) mass is 1000 g/mol. The number of methoxy groups -OCH3 is 2. The number of H-pyrrole nitrogens is 1. The highest BCUT2D eigenvalue weighted by Gasteiger charge is 2.30. The summed E-state index contributed by atoms with van der Waals surface area (Å²) >= 11 is 3.04. The summed E-state index contributed by atoms with van der Waals surface area (Å²) in [6.07, 6.45) is 9.58. The molecular weight excluding hydrogens is 957 g/mol. The average Bonchev–Trinajstić information content (AvgIpc) is 4.17. The van der Waals surface area contributed by atoms with Crippen LogP contribution in [0.5, 0.6) is 11.8 Å². The molecule has 0 amide bonds. The first kappa shape index (κ1) is 48.5. The number of pyridine rings is 2. The third-order valence-electron chi connectivity index (χ3n) is 12.2. The van der Waals surface area contributed by atoms with Crippen molar-refractivity contribution in [2.75, 3.05) is 27.4 Å². The summed E-state index contributed by atoms with van der Waals surface area (Å²) in [5.74, 6) is -1.91. The zero-order chi connectivity index (χ0) is 48.8. The molecule has 0 aliphatic heterocycles. The van der Waals surface area contributed by atoms with Crippen molar-refractivity contribution in [3.8, 4) is 34.0 Å². The second kappa shape index (κ2) is 21.5. The topological polar surface area (TPSA) is 118 Å². The molecule has 2 aliphatic carbocycles. The van der Waals surface area contributed by atoms with Gasteiger partial charge in [0.25, 0.3) is 0 Å². The predicted molar refractivity (Wildman–Crippen MR) is 260 cm³/mol. The van der Waals surface area contributed by atoms with Crippen LogP contribution >= 0.6 is 15.9 Å². The summed E-state index contributed by atoms with van der Waals surface area (Å²) in [5.41, 5.74) is 10.9. The third kappa shape index (κ3) is 10.1. The maximum Gasteiger partial charge on any atom is 0.355 e. The summed E-state index contributed by atoms with van der Waals surface area (Å²) in [6, 6.07) is 22.6. The fourth-order valence-corrected chi connectivity index (χ4v) is 9.57. The van der Waals surface area contributed by atoms with Crippen molar-refractivity contribution in [3.05, 3.63) is 165 Å². The molecule has 0 bridgehead atoms. The molecule has 356 valence electrons. The fourth-order valence-electron chi connectivity index (χ4n) is 9.14. The van der Waals surface area contributed by atoms with Gasteiger partial charge in [-0.25, -0.2) is 37.1 Å². The van der Waals surface area contributed by atoms with Crippen LogP contribution in [0, 0.1) is 23.3 Å². The van der Waals surface area contributed by atoms with Gasteiger partial charge in [-0.1, -0.05) is 15.9 Å². The van der Waals surface area contributed by atoms with Gasteiger partial charge in [0, 0.05) is 72.9 Å². The Bertz CT molecular complexity index is 3210. The van der Waals surface area contributed by atoms with Crippen LogP contribution in [0.1, 0.15) is 81.0 Å². The Morgan fingerprint density at radius 2 is 1.17 bits per heavy atom. The molecule has 8 aromatic rings. The van der Waals surface area contributed by atoms with E-state index in [4.69, 9.17) is 18.9 Å². The van der Waals surface area contributed by atoms with Crippen molar-refractivity contribution in [1.82, 2.24) is 19.5 Å². The molecule has 0 radical (unpaired) electrons. The highest BCUT2D eigenvalue weighted by atomic mass is 79.9. The maximum atomic E-state index is 14.7. The fraction of sp³-hybridized carbons (Fsp3) is 0.259. The largest absolute Gasteiger partial charge is 0.481 e. The minimum Gasteiger partial charge on any atom is -0.481 e. The van der Waals surface area contributed by atoms with Crippen molar-refractivity contribution in [2.45, 2.75) is 64.2 Å². The van der Waals surface area contributed by atoms with Gasteiger partial charge in [0.05, 0.1) is 34.0 Å². The molecule has 4 aromatic carbocycles. The molecular formula is C54H49BrF4N4O6. The first-order valence-electron chi connectivity index (χ1n) is 22.6. The predicted octanol–water partition coefficient (Wildman–Crippen LogP) is 12.5. The minimum atomic E-state index is -0.545. The molecule has 4 aromatic heterocycles. The van der Waals surface area contributed by atoms with Crippen molar-refractivity contribution in [3.63, 3.8) is 0 Å². The molecule has 0 fully saturated rings. The van der Waals surface area contributed by atoms with Crippen molar-refractivity contribution in [2.24, 2.45) is 0 Å². The van der Waals surface area contributed by atoms with Gasteiger partial charge in [-0.2, -0.15) is 0 Å². The minimum absolute atomic E-state index is 0.0321. The van der Waals surface area contributed by atoms with E-state index in [1.807, 2.05) is 18.2 Å². The number of nitrogens with one attached hydrogen (secondary N) is 1. The number of esters is 2. The van der Waals surface area contributed by atoms with Crippen LogP contribution in [0.4, 0.5) is 17.6 Å². The van der Waals surface area contributed by atoms with Crippen molar-refractivity contribution in [1.29, 1.82) is 0 Å². The first-order chi connectivity index (χ1) is 33.5. The summed E-state index contributed by atoms with van der Waals surface area (Å²) in [7, 11) is 3.11. The lowest BCUT2D eigenvalue weighted by molar-refractivity contribution is 0.0508. The Labute approximate surface area is 404 Å². The van der Waals surface area contributed by atoms with E-state index < -0.39 is 23.4 Å². The van der Waals surface area contributed by atoms with Crippen molar-refractivity contribution >= 4 is 49.7 Å². The number of carbonyl (C=O) groups is 2. The standard InChI is InChI=1S/C27H24F2N2O3.C20H20N2O3.C7H5BrF2/c1-3-34-27(32)25-24(20-8-5-11-30-26(20)33-2)21-13-16-6-4-7-17(16)14-23(21)31(25)15-18-12-19(28)9-10-22(18)29;1-3-25-20(23)18-17(14-8-5-9-21-19(14)24-2)15-10-12-6-4-7-13(12)11-16(15)22-18;8-4-5-3-6(9)1-2-7(5)10/h5,8-14H,3-4,6-7,15H2,1-2H3;5,8-11,22H,3-4,6-7H2,1-2H3;1-3H,4H2. The lowest BCUT2D eigenvalue weighted by atomic mass is 9.99. The second-order valence-electron chi connectivity index (χ2n) is 16.4. The first-order valence-corrected chi connectivity index (χ1v) is 23.7. The Morgan fingerprint density at radius 3 is 1.74 bits per heavy atom. The van der Waals surface area contributed by atoms with E-state index >= 15 is 0 Å². The van der Waals surface area contributed by atoms with Crippen LogP contribution in [-0.2, 0) is 47.0 Å². The smallest absolute Gasteiger partial charge is 0.355 e. The number of hydrogen-bond donors (Lipinski definition) is 1. The highest BCUT2D eigenvalue weighted by Crippen LogP contribution is 2.43. The van der Waals surface area contributed by atoms with Gasteiger partial charge in [-0.15, -0.1) is 0 Å². The molecule has 10 nitrogen and oxygen atoms in total. The lowest BCUT2D eigenvalue weighted by Crippen LogP contribution is -2.15. The van der Waals surface area contributed by atoms with E-state index in [0.717, 1.165) is 95.4 Å². The number of rotatable bonds is 11. The van der Waals surface area contributed by atoms with Crippen LogP contribution in [0.25, 0.3) is 44.1 Å². The average molecular weight is 1010 g/mol. The number of fused-ring (bicyclic) bond motifs is 4. The van der Waals surface area contributed by atoms with Crippen LogP contribution < -0.4 is 9.47 Å². The van der Waals surface area contributed by atoms with Crippen LogP contribution in [0.15, 0.2) is 97.3 Å². The summed E-state index contributed by atoms with van der Waals surface area (Å²) < 4.78 is 77.0. The maximum absolute atomic E-state index is 14.7. The summed E-state index contributed by atoms with van der Waals surface area (Å²) in [5, 5.41) is 2.18. The molecule has 4 heterocycles. The van der Waals surface area contributed by atoms with E-state index in [1.54, 1.807) is 44.0 Å². The molecule has 0 spiro atoms. The van der Waals surface area contributed by atoms with Crippen LogP contribution in [0.2, 0.25) is 0 Å². The molecule has 10 rings (SSSR count). The van der Waals surface area contributed by atoms with Gasteiger partial charge >= 0.3 is 11.9 Å². The Kier molecular flexibility index (Phi) is 15.1. The number of benzene rings is 4. The third-order valence-corrected chi connectivity index (χ3v) is 12.8.